The van der Waals surface area contributed by atoms with Crippen molar-refractivity contribution < 1.29 is 0 Å². The van der Waals surface area contributed by atoms with Gasteiger partial charge in [0.2, 0.25) is 0 Å². The van der Waals surface area contributed by atoms with Gasteiger partial charge in [-0.1, -0.05) is 60.2 Å². The highest BCUT2D eigenvalue weighted by Crippen LogP contribution is 2.02. The van der Waals surface area contributed by atoms with E-state index >= 15 is 0 Å². The van der Waals surface area contributed by atoms with Crippen molar-refractivity contribution in [3.63, 3.8) is 0 Å². The quantitative estimate of drug-likeness (QED) is 0.473. The lowest BCUT2D eigenvalue weighted by Crippen LogP contribution is -2.36. The average Bonchev–Trinajstić information content (AvgIpc) is 2.50. The van der Waals surface area contributed by atoms with Crippen molar-refractivity contribution in [3.8, 4) is 0 Å². The van der Waals surface area contributed by atoms with Gasteiger partial charge in [-0.3, -0.25) is 4.99 Å². The average molecular weight is 395 g/mol. The first-order valence-corrected chi connectivity index (χ1v) is 6.82. The maximum atomic E-state index is 4.23. The molecule has 0 radical (unpaired) electrons. The summed E-state index contributed by atoms with van der Waals surface area (Å²) in [5, 5.41) is 6.62. The van der Waals surface area contributed by atoms with Gasteiger partial charge in [0.25, 0.3) is 0 Å². The molecule has 0 heterocycles. The molecule has 0 saturated heterocycles. The highest BCUT2D eigenvalue weighted by Gasteiger charge is 1.98. The minimum Gasteiger partial charge on any atom is -0.352 e. The van der Waals surface area contributed by atoms with Crippen molar-refractivity contribution in [1.29, 1.82) is 0 Å². The monoisotopic (exact) mass is 395 g/mol. The van der Waals surface area contributed by atoms with E-state index in [1.165, 1.54) is 16.7 Å². The lowest BCUT2D eigenvalue weighted by molar-refractivity contribution is 0.809. The molecule has 2 aromatic rings. The minimum absolute atomic E-state index is 0. The molecule has 2 rings (SSSR count). The van der Waals surface area contributed by atoms with Crippen LogP contribution in [0.4, 0.5) is 0 Å². The fourth-order valence-corrected chi connectivity index (χ4v) is 1.89. The second kappa shape index (κ2) is 9.39. The number of benzene rings is 2. The van der Waals surface area contributed by atoms with Crippen molar-refractivity contribution in [1.82, 2.24) is 10.6 Å². The van der Waals surface area contributed by atoms with Gasteiger partial charge >= 0.3 is 0 Å². The van der Waals surface area contributed by atoms with Gasteiger partial charge < -0.3 is 10.6 Å². The van der Waals surface area contributed by atoms with Crippen molar-refractivity contribution in [2.45, 2.75) is 20.0 Å². The summed E-state index contributed by atoms with van der Waals surface area (Å²) in [5.41, 5.74) is 3.77. The third-order valence-corrected chi connectivity index (χ3v) is 3.11. The van der Waals surface area contributed by atoms with Gasteiger partial charge in [0.1, 0.15) is 0 Å². The summed E-state index contributed by atoms with van der Waals surface area (Å²) >= 11 is 0. The van der Waals surface area contributed by atoms with E-state index in [-0.39, 0.29) is 24.0 Å². The SMILES string of the molecule is CN=C(NCc1ccccc1)NCc1ccc(C)cc1.I. The molecule has 0 aliphatic heterocycles. The van der Waals surface area contributed by atoms with Gasteiger partial charge in [-0.2, -0.15) is 0 Å². The Bertz CT molecular complexity index is 550. The lowest BCUT2D eigenvalue weighted by atomic mass is 10.1. The summed E-state index contributed by atoms with van der Waals surface area (Å²) in [5.74, 6) is 0.814. The van der Waals surface area contributed by atoms with Crippen LogP contribution in [0.2, 0.25) is 0 Å². The van der Waals surface area contributed by atoms with E-state index in [0.29, 0.717) is 0 Å². The molecule has 112 valence electrons. The summed E-state index contributed by atoms with van der Waals surface area (Å²) in [6, 6.07) is 18.8. The number of halogens is 1. The normalized spacial score (nSPS) is 10.7. The van der Waals surface area contributed by atoms with Gasteiger partial charge in [0.05, 0.1) is 0 Å². The fourth-order valence-electron chi connectivity index (χ4n) is 1.89. The molecule has 2 aromatic carbocycles. The standard InChI is InChI=1S/C17H21N3.HI/c1-14-8-10-16(11-9-14)13-20-17(18-2)19-12-15-6-4-3-5-7-15;/h3-11H,12-13H2,1-2H3,(H2,18,19,20);1H. The van der Waals surface area contributed by atoms with E-state index < -0.39 is 0 Å². The first-order valence-electron chi connectivity index (χ1n) is 6.82. The van der Waals surface area contributed by atoms with Crippen LogP contribution in [0.3, 0.4) is 0 Å². The zero-order valence-electron chi connectivity index (χ0n) is 12.5. The molecule has 0 unspecified atom stereocenters. The molecule has 0 atom stereocenters. The molecule has 0 spiro atoms. The number of nitrogens with zero attached hydrogens (tertiary/aromatic N) is 1. The summed E-state index contributed by atoms with van der Waals surface area (Å²) < 4.78 is 0. The molecule has 0 fully saturated rings. The number of aryl methyl sites for hydroxylation is 1. The van der Waals surface area contributed by atoms with Gasteiger partial charge in [-0.05, 0) is 18.1 Å². The number of aliphatic imine (C=N–C) groups is 1. The maximum absolute atomic E-state index is 4.23. The van der Waals surface area contributed by atoms with E-state index in [4.69, 9.17) is 0 Å². The largest absolute Gasteiger partial charge is 0.352 e. The second-order valence-corrected chi connectivity index (χ2v) is 4.75. The van der Waals surface area contributed by atoms with E-state index in [0.717, 1.165) is 19.0 Å². The number of nitrogens with one attached hydrogen (secondary N) is 2. The molecule has 2 N–H and O–H groups in total. The third kappa shape index (κ3) is 6.16. The van der Waals surface area contributed by atoms with Crippen LogP contribution < -0.4 is 10.6 Å². The van der Waals surface area contributed by atoms with Crippen molar-refractivity contribution in [3.05, 3.63) is 71.3 Å². The fraction of sp³-hybridized carbons (Fsp3) is 0.235. The Kier molecular flexibility index (Phi) is 7.82. The zero-order chi connectivity index (χ0) is 14.2. The summed E-state index contributed by atoms with van der Waals surface area (Å²) in [4.78, 5) is 4.23. The van der Waals surface area contributed by atoms with E-state index in [1.54, 1.807) is 7.05 Å². The molecule has 4 heteroatoms. The van der Waals surface area contributed by atoms with Crippen molar-refractivity contribution in [2.75, 3.05) is 7.05 Å². The van der Waals surface area contributed by atoms with Gasteiger partial charge in [-0.25, -0.2) is 0 Å². The Balaban J connectivity index is 0.00000220. The van der Waals surface area contributed by atoms with E-state index in [2.05, 4.69) is 58.9 Å². The number of hydrogen-bond acceptors (Lipinski definition) is 1. The molecular weight excluding hydrogens is 373 g/mol. The minimum atomic E-state index is 0. The van der Waals surface area contributed by atoms with Crippen molar-refractivity contribution in [2.24, 2.45) is 4.99 Å². The van der Waals surface area contributed by atoms with Crippen LogP contribution in [0, 0.1) is 6.92 Å². The predicted octanol–water partition coefficient (Wildman–Crippen LogP) is 3.48. The van der Waals surface area contributed by atoms with Crippen LogP contribution in [-0.4, -0.2) is 13.0 Å². The highest BCUT2D eigenvalue weighted by atomic mass is 127. The first-order chi connectivity index (χ1) is 9.78. The molecule has 0 aliphatic carbocycles. The zero-order valence-corrected chi connectivity index (χ0v) is 14.8. The first kappa shape index (κ1) is 17.5. The Labute approximate surface area is 143 Å². The van der Waals surface area contributed by atoms with Crippen LogP contribution in [0.15, 0.2) is 59.6 Å². The Morgan fingerprint density at radius 3 is 1.90 bits per heavy atom. The third-order valence-electron chi connectivity index (χ3n) is 3.11. The molecule has 0 saturated carbocycles. The lowest BCUT2D eigenvalue weighted by Gasteiger charge is -2.12. The molecular formula is C17H22IN3. The van der Waals surface area contributed by atoms with Crippen molar-refractivity contribution >= 4 is 29.9 Å². The molecule has 0 amide bonds. The highest BCUT2D eigenvalue weighted by molar-refractivity contribution is 14.0. The summed E-state index contributed by atoms with van der Waals surface area (Å²) in [7, 11) is 1.79. The van der Waals surface area contributed by atoms with Crippen LogP contribution >= 0.6 is 24.0 Å². The van der Waals surface area contributed by atoms with Crippen LogP contribution in [0.25, 0.3) is 0 Å². The number of hydrogen-bond donors (Lipinski definition) is 2. The van der Waals surface area contributed by atoms with Crippen LogP contribution in [0.1, 0.15) is 16.7 Å². The van der Waals surface area contributed by atoms with E-state index in [9.17, 15) is 0 Å². The van der Waals surface area contributed by atoms with Gasteiger partial charge in [0.15, 0.2) is 5.96 Å². The molecule has 0 bridgehead atoms. The molecule has 0 aliphatic rings. The Morgan fingerprint density at radius 2 is 1.38 bits per heavy atom. The maximum Gasteiger partial charge on any atom is 0.191 e. The molecule has 21 heavy (non-hydrogen) atoms. The summed E-state index contributed by atoms with van der Waals surface area (Å²) in [6.07, 6.45) is 0. The smallest absolute Gasteiger partial charge is 0.191 e. The Hall–Kier alpha value is -1.56. The predicted molar refractivity (Wildman–Crippen MR) is 100 cm³/mol. The van der Waals surface area contributed by atoms with Gasteiger partial charge in [-0.15, -0.1) is 24.0 Å². The molecule has 3 nitrogen and oxygen atoms in total. The number of guanidine groups is 1. The van der Waals surface area contributed by atoms with E-state index in [1.807, 2.05) is 18.2 Å². The second-order valence-electron chi connectivity index (χ2n) is 4.75. The topological polar surface area (TPSA) is 36.4 Å². The summed E-state index contributed by atoms with van der Waals surface area (Å²) in [6.45, 7) is 3.64. The van der Waals surface area contributed by atoms with Gasteiger partial charge in [0, 0.05) is 20.1 Å². The number of rotatable bonds is 4. The molecule has 0 aromatic heterocycles. The van der Waals surface area contributed by atoms with Crippen LogP contribution in [0.5, 0.6) is 0 Å². The Morgan fingerprint density at radius 1 is 0.857 bits per heavy atom. The van der Waals surface area contributed by atoms with Crippen LogP contribution in [-0.2, 0) is 13.1 Å².